The molecule has 24 heavy (non-hydrogen) atoms. The Labute approximate surface area is 145 Å². The zero-order valence-corrected chi connectivity index (χ0v) is 14.4. The number of carbonyl (C=O) groups excluding carboxylic acids is 2. The Kier molecular flexibility index (Phi) is 5.18. The number of aliphatic carboxylic acids is 1. The third-order valence-electron chi connectivity index (χ3n) is 4.82. The molecule has 1 atom stereocenters. The first kappa shape index (κ1) is 17.0. The lowest BCUT2D eigenvalue weighted by molar-refractivity contribution is -0.152. The summed E-state index contributed by atoms with van der Waals surface area (Å²) in [5.41, 5.74) is 1.20. The van der Waals surface area contributed by atoms with Crippen LogP contribution in [-0.4, -0.2) is 51.8 Å². The lowest BCUT2D eigenvalue weighted by Crippen LogP contribution is -2.48. The molecule has 2 aliphatic heterocycles. The van der Waals surface area contributed by atoms with Crippen molar-refractivity contribution in [1.82, 2.24) is 9.80 Å². The number of thiophene rings is 1. The fourth-order valence-electron chi connectivity index (χ4n) is 3.46. The molecule has 7 heteroatoms. The van der Waals surface area contributed by atoms with Crippen LogP contribution in [0.5, 0.6) is 0 Å². The van der Waals surface area contributed by atoms with Crippen LogP contribution in [0.3, 0.4) is 0 Å². The molecule has 2 amide bonds. The lowest BCUT2D eigenvalue weighted by Gasteiger charge is -2.33. The van der Waals surface area contributed by atoms with E-state index in [1.54, 1.807) is 16.2 Å². The van der Waals surface area contributed by atoms with E-state index in [9.17, 15) is 19.5 Å². The van der Waals surface area contributed by atoms with Crippen LogP contribution in [-0.2, 0) is 27.3 Å². The van der Waals surface area contributed by atoms with Crippen molar-refractivity contribution in [2.75, 3.05) is 13.1 Å². The Morgan fingerprint density at radius 1 is 1.17 bits per heavy atom. The second kappa shape index (κ2) is 7.34. The number of rotatable bonds is 4. The highest BCUT2D eigenvalue weighted by atomic mass is 32.1. The van der Waals surface area contributed by atoms with Crippen LogP contribution in [0.25, 0.3) is 0 Å². The van der Waals surface area contributed by atoms with Crippen molar-refractivity contribution >= 4 is 29.1 Å². The van der Waals surface area contributed by atoms with E-state index in [0.29, 0.717) is 26.1 Å². The second-order valence-electron chi connectivity index (χ2n) is 6.37. The highest BCUT2D eigenvalue weighted by molar-refractivity contribution is 7.10. The number of hydrogen-bond acceptors (Lipinski definition) is 4. The molecular formula is C17H22N2O4S. The van der Waals surface area contributed by atoms with Crippen LogP contribution in [0.4, 0.5) is 0 Å². The normalized spacial score (nSPS) is 20.6. The van der Waals surface area contributed by atoms with Crippen molar-refractivity contribution in [2.24, 2.45) is 0 Å². The van der Waals surface area contributed by atoms with Gasteiger partial charge in [-0.2, -0.15) is 0 Å². The van der Waals surface area contributed by atoms with Crippen molar-refractivity contribution in [1.29, 1.82) is 0 Å². The smallest absolute Gasteiger partial charge is 0.326 e. The van der Waals surface area contributed by atoms with E-state index in [0.717, 1.165) is 19.3 Å². The summed E-state index contributed by atoms with van der Waals surface area (Å²) in [5.74, 6) is -1.19. The van der Waals surface area contributed by atoms with E-state index in [1.807, 2.05) is 5.38 Å². The van der Waals surface area contributed by atoms with Crippen molar-refractivity contribution in [2.45, 2.75) is 51.1 Å². The SMILES string of the molecule is O=C(O)C1CCCCN1C(=O)CCC(=O)N1CCc2sccc2C1. The van der Waals surface area contributed by atoms with E-state index in [4.69, 9.17) is 0 Å². The van der Waals surface area contributed by atoms with E-state index in [1.165, 1.54) is 15.3 Å². The molecule has 130 valence electrons. The second-order valence-corrected chi connectivity index (χ2v) is 7.37. The van der Waals surface area contributed by atoms with Gasteiger partial charge in [0, 0.05) is 37.4 Å². The Bertz CT molecular complexity index is 642. The average Bonchev–Trinajstić information content (AvgIpc) is 3.06. The number of carbonyl (C=O) groups is 3. The van der Waals surface area contributed by atoms with E-state index in [-0.39, 0.29) is 24.7 Å². The third-order valence-corrected chi connectivity index (χ3v) is 5.84. The molecule has 3 heterocycles. The molecule has 1 aromatic rings. The van der Waals surface area contributed by atoms with E-state index in [2.05, 4.69) is 6.07 Å². The highest BCUT2D eigenvalue weighted by Gasteiger charge is 2.32. The van der Waals surface area contributed by atoms with Gasteiger partial charge in [-0.15, -0.1) is 11.3 Å². The number of amides is 2. The fourth-order valence-corrected chi connectivity index (χ4v) is 4.35. The summed E-state index contributed by atoms with van der Waals surface area (Å²) in [7, 11) is 0. The number of hydrogen-bond donors (Lipinski definition) is 1. The summed E-state index contributed by atoms with van der Waals surface area (Å²) in [6.45, 7) is 1.79. The number of nitrogens with zero attached hydrogens (tertiary/aromatic N) is 2. The number of piperidine rings is 1. The number of carboxylic acids is 1. The molecule has 0 spiro atoms. The maximum atomic E-state index is 12.4. The summed E-state index contributed by atoms with van der Waals surface area (Å²) in [6, 6.07) is 1.32. The van der Waals surface area contributed by atoms with Gasteiger partial charge in [-0.05, 0) is 42.7 Å². The maximum absolute atomic E-state index is 12.4. The van der Waals surface area contributed by atoms with Gasteiger partial charge in [0.25, 0.3) is 0 Å². The largest absolute Gasteiger partial charge is 0.480 e. The molecule has 3 rings (SSSR count). The minimum atomic E-state index is -0.949. The molecule has 0 saturated carbocycles. The predicted octanol–water partition coefficient (Wildman–Crippen LogP) is 1.88. The minimum absolute atomic E-state index is 0.0240. The molecule has 1 aromatic heterocycles. The Hall–Kier alpha value is -1.89. The molecule has 1 saturated heterocycles. The highest BCUT2D eigenvalue weighted by Crippen LogP contribution is 2.25. The van der Waals surface area contributed by atoms with Crippen LogP contribution < -0.4 is 0 Å². The van der Waals surface area contributed by atoms with Gasteiger partial charge in [-0.25, -0.2) is 4.79 Å². The fraction of sp³-hybridized carbons (Fsp3) is 0.588. The molecular weight excluding hydrogens is 328 g/mol. The van der Waals surface area contributed by atoms with Gasteiger partial charge < -0.3 is 14.9 Å². The topological polar surface area (TPSA) is 77.9 Å². The maximum Gasteiger partial charge on any atom is 0.326 e. The zero-order chi connectivity index (χ0) is 17.1. The van der Waals surface area contributed by atoms with Crippen LogP contribution in [0.15, 0.2) is 11.4 Å². The predicted molar refractivity (Wildman–Crippen MR) is 89.7 cm³/mol. The van der Waals surface area contributed by atoms with Crippen molar-refractivity contribution in [3.8, 4) is 0 Å². The quantitative estimate of drug-likeness (QED) is 0.899. The summed E-state index contributed by atoms with van der Waals surface area (Å²) in [4.78, 5) is 40.6. The standard InChI is InChI=1S/C17H22N2O4S/c20-15(18-9-6-14-12(11-18)7-10-24-14)4-5-16(21)19-8-2-1-3-13(19)17(22)23/h7,10,13H,1-6,8-9,11H2,(H,22,23). The number of carboxylic acid groups (broad SMARTS) is 1. The Balaban J connectivity index is 1.52. The molecule has 1 N–H and O–H groups in total. The first-order valence-corrected chi connectivity index (χ1v) is 9.29. The molecule has 0 aliphatic carbocycles. The van der Waals surface area contributed by atoms with Gasteiger partial charge in [0.05, 0.1) is 0 Å². The monoisotopic (exact) mass is 350 g/mol. The molecule has 0 aromatic carbocycles. The summed E-state index contributed by atoms with van der Waals surface area (Å²) < 4.78 is 0. The number of likely N-dealkylation sites (tertiary alicyclic amines) is 1. The third kappa shape index (κ3) is 3.61. The Morgan fingerprint density at radius 2 is 1.96 bits per heavy atom. The van der Waals surface area contributed by atoms with Crippen LogP contribution in [0.2, 0.25) is 0 Å². The minimum Gasteiger partial charge on any atom is -0.480 e. The average molecular weight is 350 g/mol. The van der Waals surface area contributed by atoms with Gasteiger partial charge in [-0.3, -0.25) is 9.59 Å². The van der Waals surface area contributed by atoms with Crippen LogP contribution in [0.1, 0.15) is 42.5 Å². The summed E-state index contributed by atoms with van der Waals surface area (Å²) in [6.07, 6.45) is 3.28. The molecule has 0 radical (unpaired) electrons. The van der Waals surface area contributed by atoms with Gasteiger partial charge in [0.2, 0.25) is 11.8 Å². The van der Waals surface area contributed by atoms with Crippen LogP contribution in [0, 0.1) is 0 Å². The van der Waals surface area contributed by atoms with Gasteiger partial charge in [0.15, 0.2) is 0 Å². The summed E-state index contributed by atoms with van der Waals surface area (Å²) >= 11 is 1.72. The van der Waals surface area contributed by atoms with E-state index >= 15 is 0 Å². The number of fused-ring (bicyclic) bond motifs is 1. The van der Waals surface area contributed by atoms with Gasteiger partial charge in [0.1, 0.15) is 6.04 Å². The first-order valence-electron chi connectivity index (χ1n) is 8.41. The zero-order valence-electron chi connectivity index (χ0n) is 13.6. The molecule has 2 aliphatic rings. The lowest BCUT2D eigenvalue weighted by atomic mass is 10.0. The molecule has 1 fully saturated rings. The first-order chi connectivity index (χ1) is 11.6. The molecule has 1 unspecified atom stereocenters. The van der Waals surface area contributed by atoms with Gasteiger partial charge >= 0.3 is 5.97 Å². The van der Waals surface area contributed by atoms with Crippen molar-refractivity contribution in [3.05, 3.63) is 21.9 Å². The van der Waals surface area contributed by atoms with Crippen LogP contribution >= 0.6 is 11.3 Å². The van der Waals surface area contributed by atoms with E-state index < -0.39 is 12.0 Å². The molecule has 0 bridgehead atoms. The van der Waals surface area contributed by atoms with Crippen molar-refractivity contribution in [3.63, 3.8) is 0 Å². The Morgan fingerprint density at radius 3 is 2.75 bits per heavy atom. The molecule has 6 nitrogen and oxygen atoms in total. The van der Waals surface area contributed by atoms with Crippen molar-refractivity contribution < 1.29 is 19.5 Å². The summed E-state index contributed by atoms with van der Waals surface area (Å²) in [5, 5.41) is 11.3. The van der Waals surface area contributed by atoms with Gasteiger partial charge in [-0.1, -0.05) is 0 Å².